The molecule has 3 rings (SSSR count). The normalized spacial score (nSPS) is 11.8. The maximum atomic E-state index is 12.3. The molecule has 2 aromatic carbocycles. The SMILES string of the molecule is Cc1ccc(S(=O)(=O)NCCC(=O)OCc2cc(=O)oc3cc(C)c(C(C)C)cc23)cc1. The van der Waals surface area contributed by atoms with Gasteiger partial charge >= 0.3 is 11.6 Å². The fraction of sp³-hybridized carbons (Fsp3) is 0.333. The van der Waals surface area contributed by atoms with E-state index in [0.717, 1.165) is 16.7 Å². The number of aryl methyl sites for hydroxylation is 2. The topological polar surface area (TPSA) is 103 Å². The van der Waals surface area contributed by atoms with Crippen molar-refractivity contribution in [1.82, 2.24) is 4.72 Å². The first-order valence-electron chi connectivity index (χ1n) is 10.4. The average Bonchev–Trinajstić information content (AvgIpc) is 2.71. The molecule has 0 amide bonds. The van der Waals surface area contributed by atoms with Crippen molar-refractivity contribution in [3.63, 3.8) is 0 Å². The van der Waals surface area contributed by atoms with E-state index in [0.29, 0.717) is 16.5 Å². The zero-order chi connectivity index (χ0) is 23.5. The Morgan fingerprint density at radius 1 is 1.09 bits per heavy atom. The minimum Gasteiger partial charge on any atom is -0.461 e. The van der Waals surface area contributed by atoms with E-state index in [4.69, 9.17) is 9.15 Å². The Balaban J connectivity index is 1.65. The molecule has 1 aromatic heterocycles. The third kappa shape index (κ3) is 5.63. The van der Waals surface area contributed by atoms with Gasteiger partial charge in [0, 0.05) is 23.6 Å². The Morgan fingerprint density at radius 3 is 2.44 bits per heavy atom. The van der Waals surface area contributed by atoms with Crippen LogP contribution in [-0.4, -0.2) is 20.9 Å². The number of nitrogens with one attached hydrogen (secondary N) is 1. The van der Waals surface area contributed by atoms with Crippen LogP contribution in [0.25, 0.3) is 11.0 Å². The van der Waals surface area contributed by atoms with Gasteiger partial charge < -0.3 is 9.15 Å². The lowest BCUT2D eigenvalue weighted by Gasteiger charge is -2.13. The predicted octanol–water partition coefficient (Wildman–Crippen LogP) is 3.95. The van der Waals surface area contributed by atoms with Crippen molar-refractivity contribution >= 4 is 27.0 Å². The molecule has 3 aromatic rings. The number of fused-ring (bicyclic) bond motifs is 1. The molecule has 0 aliphatic carbocycles. The Labute approximate surface area is 187 Å². The lowest BCUT2D eigenvalue weighted by Crippen LogP contribution is -2.26. The summed E-state index contributed by atoms with van der Waals surface area (Å²) in [5.41, 5.74) is 3.55. The number of benzene rings is 2. The highest BCUT2D eigenvalue weighted by Crippen LogP contribution is 2.27. The fourth-order valence-electron chi connectivity index (χ4n) is 3.45. The maximum Gasteiger partial charge on any atom is 0.336 e. The van der Waals surface area contributed by atoms with Gasteiger partial charge in [0.15, 0.2) is 0 Å². The lowest BCUT2D eigenvalue weighted by molar-refractivity contribution is -0.144. The molecule has 0 bridgehead atoms. The molecule has 1 N–H and O–H groups in total. The standard InChI is InChI=1S/C24H27NO6S/c1-15(2)20-13-21-18(12-24(27)31-22(21)11-17(20)4)14-30-23(26)9-10-25-32(28,29)19-7-5-16(3)6-8-19/h5-8,11-13,15,25H,9-10,14H2,1-4H3. The number of esters is 1. The number of carbonyl (C=O) groups is 1. The van der Waals surface area contributed by atoms with Crippen molar-refractivity contribution in [3.05, 3.63) is 75.1 Å². The van der Waals surface area contributed by atoms with Crippen LogP contribution in [0.1, 0.15) is 48.4 Å². The molecule has 0 saturated heterocycles. The Morgan fingerprint density at radius 2 is 1.78 bits per heavy atom. The van der Waals surface area contributed by atoms with Gasteiger partial charge in [0.25, 0.3) is 0 Å². The summed E-state index contributed by atoms with van der Waals surface area (Å²) in [5, 5.41) is 0.715. The lowest BCUT2D eigenvalue weighted by atomic mass is 9.95. The van der Waals surface area contributed by atoms with Gasteiger partial charge in [0.05, 0.1) is 11.3 Å². The van der Waals surface area contributed by atoms with E-state index >= 15 is 0 Å². The molecule has 1 heterocycles. The summed E-state index contributed by atoms with van der Waals surface area (Å²) < 4.78 is 37.6. The fourth-order valence-corrected chi connectivity index (χ4v) is 4.48. The summed E-state index contributed by atoms with van der Waals surface area (Å²) in [5.74, 6) is -0.294. The van der Waals surface area contributed by atoms with Gasteiger partial charge in [-0.3, -0.25) is 4.79 Å². The van der Waals surface area contributed by atoms with E-state index in [1.807, 2.05) is 26.0 Å². The van der Waals surface area contributed by atoms with Gasteiger partial charge in [-0.1, -0.05) is 31.5 Å². The van der Waals surface area contributed by atoms with Crippen LogP contribution in [0.2, 0.25) is 0 Å². The van der Waals surface area contributed by atoms with Crippen molar-refractivity contribution < 1.29 is 22.4 Å². The number of sulfonamides is 1. The molecule has 0 spiro atoms. The Hall–Kier alpha value is -2.97. The van der Waals surface area contributed by atoms with E-state index in [2.05, 4.69) is 18.6 Å². The Kier molecular flexibility index (Phi) is 7.16. The molecular formula is C24H27NO6S. The summed E-state index contributed by atoms with van der Waals surface area (Å²) in [7, 11) is -3.70. The van der Waals surface area contributed by atoms with Crippen LogP contribution in [0, 0.1) is 13.8 Å². The highest BCUT2D eigenvalue weighted by Gasteiger charge is 2.16. The van der Waals surface area contributed by atoms with Gasteiger partial charge in [-0.05, 0) is 55.2 Å². The molecule has 0 unspecified atom stereocenters. The van der Waals surface area contributed by atoms with Crippen molar-refractivity contribution in [2.45, 2.75) is 51.5 Å². The summed E-state index contributed by atoms with van der Waals surface area (Å²) in [6.45, 7) is 7.77. The van der Waals surface area contributed by atoms with Crippen LogP contribution in [-0.2, 0) is 26.2 Å². The quantitative estimate of drug-likeness (QED) is 0.406. The maximum absolute atomic E-state index is 12.3. The predicted molar refractivity (Wildman–Crippen MR) is 122 cm³/mol. The van der Waals surface area contributed by atoms with Crippen LogP contribution in [0.15, 0.2) is 56.6 Å². The van der Waals surface area contributed by atoms with Crippen molar-refractivity contribution in [1.29, 1.82) is 0 Å². The third-order valence-corrected chi connectivity index (χ3v) is 6.66. The van der Waals surface area contributed by atoms with Gasteiger partial charge in [0.1, 0.15) is 12.2 Å². The largest absolute Gasteiger partial charge is 0.461 e. The first-order chi connectivity index (χ1) is 15.1. The first-order valence-corrected chi connectivity index (χ1v) is 11.8. The van der Waals surface area contributed by atoms with Crippen LogP contribution < -0.4 is 10.3 Å². The Bertz CT molecular complexity index is 1290. The monoisotopic (exact) mass is 457 g/mol. The van der Waals surface area contributed by atoms with E-state index in [-0.39, 0.29) is 30.4 Å². The molecule has 0 atom stereocenters. The van der Waals surface area contributed by atoms with Crippen LogP contribution in [0.5, 0.6) is 0 Å². The second-order valence-electron chi connectivity index (χ2n) is 8.07. The van der Waals surface area contributed by atoms with E-state index in [1.165, 1.54) is 18.2 Å². The second-order valence-corrected chi connectivity index (χ2v) is 9.84. The highest BCUT2D eigenvalue weighted by atomic mass is 32.2. The number of hydrogen-bond donors (Lipinski definition) is 1. The van der Waals surface area contributed by atoms with Gasteiger partial charge in [-0.25, -0.2) is 17.9 Å². The number of rotatable bonds is 8. The van der Waals surface area contributed by atoms with Crippen LogP contribution in [0.3, 0.4) is 0 Å². The highest BCUT2D eigenvalue weighted by molar-refractivity contribution is 7.89. The van der Waals surface area contributed by atoms with Gasteiger partial charge in [0.2, 0.25) is 10.0 Å². The zero-order valence-corrected chi connectivity index (χ0v) is 19.4. The summed E-state index contributed by atoms with van der Waals surface area (Å²) in [6.07, 6.45) is -0.138. The molecule has 0 aliphatic rings. The second kappa shape index (κ2) is 9.67. The van der Waals surface area contributed by atoms with Gasteiger partial charge in [-0.15, -0.1) is 0 Å². The van der Waals surface area contributed by atoms with Crippen molar-refractivity contribution in [2.75, 3.05) is 6.54 Å². The third-order valence-electron chi connectivity index (χ3n) is 5.18. The number of hydrogen-bond acceptors (Lipinski definition) is 6. The summed E-state index contributed by atoms with van der Waals surface area (Å²) in [4.78, 5) is 24.2. The molecule has 8 heteroatoms. The number of carbonyl (C=O) groups excluding carboxylic acids is 1. The average molecular weight is 458 g/mol. The minimum absolute atomic E-state index is 0.0938. The van der Waals surface area contributed by atoms with Gasteiger partial charge in [-0.2, -0.15) is 0 Å². The van der Waals surface area contributed by atoms with Crippen LogP contribution >= 0.6 is 0 Å². The zero-order valence-electron chi connectivity index (χ0n) is 18.6. The molecule has 0 aliphatic heterocycles. The molecule has 170 valence electrons. The van der Waals surface area contributed by atoms with Crippen molar-refractivity contribution in [3.8, 4) is 0 Å². The minimum atomic E-state index is -3.70. The first kappa shape index (κ1) is 23.7. The molecule has 32 heavy (non-hydrogen) atoms. The molecular weight excluding hydrogens is 430 g/mol. The van der Waals surface area contributed by atoms with E-state index in [1.54, 1.807) is 12.1 Å². The van der Waals surface area contributed by atoms with Crippen LogP contribution in [0.4, 0.5) is 0 Å². The molecule has 0 saturated carbocycles. The van der Waals surface area contributed by atoms with E-state index in [9.17, 15) is 18.0 Å². The smallest absolute Gasteiger partial charge is 0.336 e. The summed E-state index contributed by atoms with van der Waals surface area (Å²) in [6, 6.07) is 11.5. The van der Waals surface area contributed by atoms with Crippen molar-refractivity contribution in [2.24, 2.45) is 0 Å². The molecule has 0 fully saturated rings. The molecule has 0 radical (unpaired) electrons. The number of ether oxygens (including phenoxy) is 1. The van der Waals surface area contributed by atoms with E-state index < -0.39 is 21.6 Å². The summed E-state index contributed by atoms with van der Waals surface area (Å²) >= 11 is 0. The molecule has 7 nitrogen and oxygen atoms in total.